The second-order valence-corrected chi connectivity index (χ2v) is 4.52. The Hall–Kier alpha value is -1.46. The van der Waals surface area contributed by atoms with Gasteiger partial charge in [0, 0.05) is 6.42 Å². The summed E-state index contributed by atoms with van der Waals surface area (Å²) in [6.45, 7) is 2.23. The molecular weight excluding hydrogens is 239 g/mol. The van der Waals surface area contributed by atoms with Gasteiger partial charge in [0.1, 0.15) is 5.82 Å². The molecule has 1 unspecified atom stereocenters. The van der Waals surface area contributed by atoms with Crippen molar-refractivity contribution in [1.29, 1.82) is 0 Å². The number of carbonyl (C=O) groups is 1. The fourth-order valence-electron chi connectivity index (χ4n) is 1.85. The van der Waals surface area contributed by atoms with Crippen LogP contribution in [0.2, 0.25) is 0 Å². The summed E-state index contributed by atoms with van der Waals surface area (Å²) >= 11 is 0. The number of fused-ring (bicyclic) bond motifs is 1. The number of aliphatic carboxylic acids is 1. The molecule has 0 fully saturated rings. The van der Waals surface area contributed by atoms with E-state index in [4.69, 9.17) is 14.6 Å². The number of rotatable bonds is 3. The van der Waals surface area contributed by atoms with Gasteiger partial charge in [-0.1, -0.05) is 6.07 Å². The molecule has 0 aliphatic carbocycles. The van der Waals surface area contributed by atoms with Crippen LogP contribution in [-0.4, -0.2) is 16.9 Å². The number of carboxylic acid groups (broad SMARTS) is 1. The summed E-state index contributed by atoms with van der Waals surface area (Å²) in [6, 6.07) is 4.46. The average molecular weight is 254 g/mol. The Morgan fingerprint density at radius 2 is 2.06 bits per heavy atom. The van der Waals surface area contributed by atoms with Crippen molar-refractivity contribution in [3.63, 3.8) is 0 Å². The zero-order chi connectivity index (χ0) is 13.2. The Bertz CT molecular complexity index is 460. The zero-order valence-corrected chi connectivity index (χ0v) is 10.1. The number of hydrogen-bond acceptors (Lipinski definition) is 3. The van der Waals surface area contributed by atoms with Gasteiger partial charge in [0.2, 0.25) is 0 Å². The van der Waals surface area contributed by atoms with Crippen LogP contribution in [-0.2, 0) is 27.5 Å². The maximum atomic E-state index is 13.1. The first-order valence-electron chi connectivity index (χ1n) is 5.75. The monoisotopic (exact) mass is 254 g/mol. The molecule has 1 aromatic carbocycles. The Balaban J connectivity index is 2.08. The van der Waals surface area contributed by atoms with Gasteiger partial charge in [0.05, 0.1) is 19.6 Å². The van der Waals surface area contributed by atoms with E-state index in [0.717, 1.165) is 11.1 Å². The summed E-state index contributed by atoms with van der Waals surface area (Å²) in [4.78, 5) is 10.6. The van der Waals surface area contributed by atoms with Gasteiger partial charge < -0.3 is 14.6 Å². The summed E-state index contributed by atoms with van der Waals surface area (Å²) < 4.78 is 24.3. The van der Waals surface area contributed by atoms with Crippen LogP contribution in [0.4, 0.5) is 4.39 Å². The molecule has 2 rings (SSSR count). The minimum absolute atomic E-state index is 0.0266. The molecule has 1 N–H and O–H groups in total. The quantitative estimate of drug-likeness (QED) is 0.900. The lowest BCUT2D eigenvalue weighted by Gasteiger charge is -2.27. The lowest BCUT2D eigenvalue weighted by Crippen LogP contribution is -2.31. The standard InChI is InChI=1S/C13H15FO4/c1-13(5-4-12(15)16)17-7-9-2-3-11(14)6-10(9)8-18-13/h2-3,6H,4-5,7-8H2,1H3,(H,15,16). The van der Waals surface area contributed by atoms with Crippen molar-refractivity contribution in [3.8, 4) is 0 Å². The van der Waals surface area contributed by atoms with Crippen molar-refractivity contribution < 1.29 is 23.8 Å². The highest BCUT2D eigenvalue weighted by Gasteiger charge is 2.30. The topological polar surface area (TPSA) is 55.8 Å². The van der Waals surface area contributed by atoms with Crippen LogP contribution in [0.5, 0.6) is 0 Å². The van der Waals surface area contributed by atoms with Gasteiger partial charge in [-0.05, 0) is 30.2 Å². The van der Waals surface area contributed by atoms with E-state index < -0.39 is 11.8 Å². The minimum atomic E-state index is -0.937. The molecule has 5 heteroatoms. The van der Waals surface area contributed by atoms with Gasteiger partial charge in [-0.3, -0.25) is 4.79 Å². The van der Waals surface area contributed by atoms with E-state index >= 15 is 0 Å². The van der Waals surface area contributed by atoms with Crippen molar-refractivity contribution in [1.82, 2.24) is 0 Å². The fraction of sp³-hybridized carbons (Fsp3) is 0.462. The molecular formula is C13H15FO4. The van der Waals surface area contributed by atoms with Gasteiger partial charge in [0.15, 0.2) is 5.79 Å². The average Bonchev–Trinajstić information content (AvgIpc) is 2.48. The SMILES string of the molecule is CC1(CCC(=O)O)OCc2ccc(F)cc2CO1. The van der Waals surface area contributed by atoms with E-state index in [1.807, 2.05) is 0 Å². The number of ether oxygens (including phenoxy) is 2. The molecule has 1 heterocycles. The molecule has 0 aromatic heterocycles. The van der Waals surface area contributed by atoms with E-state index in [0.29, 0.717) is 6.61 Å². The van der Waals surface area contributed by atoms with Crippen LogP contribution in [0.15, 0.2) is 18.2 Å². The van der Waals surface area contributed by atoms with Crippen LogP contribution in [0, 0.1) is 5.82 Å². The van der Waals surface area contributed by atoms with E-state index in [1.165, 1.54) is 12.1 Å². The highest BCUT2D eigenvalue weighted by Crippen LogP contribution is 2.28. The maximum Gasteiger partial charge on any atom is 0.303 e. The third-order valence-corrected chi connectivity index (χ3v) is 3.03. The summed E-state index contributed by atoms with van der Waals surface area (Å²) in [6.07, 6.45) is 0.236. The van der Waals surface area contributed by atoms with Gasteiger partial charge in [-0.25, -0.2) is 4.39 Å². The number of carboxylic acids is 1. The van der Waals surface area contributed by atoms with Crippen LogP contribution in [0.1, 0.15) is 30.9 Å². The molecule has 18 heavy (non-hydrogen) atoms. The molecule has 0 bridgehead atoms. The first kappa shape index (κ1) is 13.0. The smallest absolute Gasteiger partial charge is 0.303 e. The third-order valence-electron chi connectivity index (χ3n) is 3.03. The zero-order valence-electron chi connectivity index (χ0n) is 10.1. The number of halogens is 1. The van der Waals surface area contributed by atoms with E-state index in [2.05, 4.69) is 0 Å². The van der Waals surface area contributed by atoms with Crippen LogP contribution < -0.4 is 0 Å². The molecule has 98 valence electrons. The van der Waals surface area contributed by atoms with E-state index in [1.54, 1.807) is 13.0 Å². The van der Waals surface area contributed by atoms with Gasteiger partial charge in [-0.2, -0.15) is 0 Å². The molecule has 0 amide bonds. The van der Waals surface area contributed by atoms with Crippen molar-refractivity contribution in [3.05, 3.63) is 35.1 Å². The summed E-state index contributed by atoms with van der Waals surface area (Å²) in [5.41, 5.74) is 1.62. The Morgan fingerprint density at radius 3 is 2.72 bits per heavy atom. The first-order chi connectivity index (χ1) is 8.48. The fourth-order valence-corrected chi connectivity index (χ4v) is 1.85. The van der Waals surface area contributed by atoms with E-state index in [-0.39, 0.29) is 25.3 Å². The summed E-state index contributed by atoms with van der Waals surface area (Å²) in [5.74, 6) is -2.14. The van der Waals surface area contributed by atoms with E-state index in [9.17, 15) is 9.18 Å². The maximum absolute atomic E-state index is 13.1. The van der Waals surface area contributed by atoms with Gasteiger partial charge >= 0.3 is 5.97 Å². The lowest BCUT2D eigenvalue weighted by atomic mass is 10.1. The molecule has 0 saturated heterocycles. The first-order valence-corrected chi connectivity index (χ1v) is 5.75. The van der Waals surface area contributed by atoms with Crippen molar-refractivity contribution in [2.45, 2.75) is 38.8 Å². The predicted octanol–water partition coefficient (Wildman–Crippen LogP) is 2.45. The largest absolute Gasteiger partial charge is 0.481 e. The van der Waals surface area contributed by atoms with Crippen molar-refractivity contribution >= 4 is 5.97 Å². The molecule has 0 saturated carbocycles. The Kier molecular flexibility index (Phi) is 3.63. The predicted molar refractivity (Wildman–Crippen MR) is 61.3 cm³/mol. The molecule has 1 aliphatic rings. The van der Waals surface area contributed by atoms with Crippen LogP contribution >= 0.6 is 0 Å². The highest BCUT2D eigenvalue weighted by molar-refractivity contribution is 5.66. The molecule has 1 aliphatic heterocycles. The second-order valence-electron chi connectivity index (χ2n) is 4.52. The van der Waals surface area contributed by atoms with Gasteiger partial charge in [0.25, 0.3) is 0 Å². The van der Waals surface area contributed by atoms with Gasteiger partial charge in [-0.15, -0.1) is 0 Å². The Labute approximate surface area is 104 Å². The lowest BCUT2D eigenvalue weighted by molar-refractivity contribution is -0.236. The molecule has 0 spiro atoms. The van der Waals surface area contributed by atoms with Crippen LogP contribution in [0.25, 0.3) is 0 Å². The number of benzene rings is 1. The Morgan fingerprint density at radius 1 is 1.39 bits per heavy atom. The number of hydrogen-bond donors (Lipinski definition) is 1. The van der Waals surface area contributed by atoms with Crippen molar-refractivity contribution in [2.24, 2.45) is 0 Å². The second kappa shape index (κ2) is 5.04. The van der Waals surface area contributed by atoms with Crippen LogP contribution in [0.3, 0.4) is 0 Å². The highest BCUT2D eigenvalue weighted by atomic mass is 19.1. The summed E-state index contributed by atoms with van der Waals surface area (Å²) in [5, 5.41) is 8.68. The van der Waals surface area contributed by atoms with Crippen molar-refractivity contribution in [2.75, 3.05) is 0 Å². The third kappa shape index (κ3) is 3.05. The normalized spacial score (nSPS) is 23.2. The minimum Gasteiger partial charge on any atom is -0.481 e. The molecule has 4 nitrogen and oxygen atoms in total. The molecule has 1 aromatic rings. The molecule has 1 atom stereocenters. The summed E-state index contributed by atoms with van der Waals surface area (Å²) in [7, 11) is 0. The molecule has 0 radical (unpaired) electrons.